The Morgan fingerprint density at radius 3 is 1.93 bits per heavy atom. The van der Waals surface area contributed by atoms with E-state index in [-0.39, 0.29) is 12.1 Å². The molecular weight excluding hydrogens is 340 g/mol. The lowest BCUT2D eigenvalue weighted by Gasteiger charge is -2.28. The van der Waals surface area contributed by atoms with Gasteiger partial charge in [-0.1, -0.05) is 31.5 Å². The lowest BCUT2D eigenvalue weighted by molar-refractivity contribution is 0.226. The maximum atomic E-state index is 12.0. The summed E-state index contributed by atoms with van der Waals surface area (Å²) in [6, 6.07) is 7.56. The molecule has 6 nitrogen and oxygen atoms in total. The van der Waals surface area contributed by atoms with Crippen LogP contribution < -0.4 is 21.3 Å². The van der Waals surface area contributed by atoms with Crippen LogP contribution in [-0.2, 0) is 0 Å². The molecule has 27 heavy (non-hydrogen) atoms. The van der Waals surface area contributed by atoms with Crippen molar-refractivity contribution < 1.29 is 9.59 Å². The van der Waals surface area contributed by atoms with E-state index < -0.39 is 0 Å². The van der Waals surface area contributed by atoms with E-state index in [9.17, 15) is 9.59 Å². The van der Waals surface area contributed by atoms with E-state index in [1.807, 2.05) is 31.2 Å². The molecular formula is C21H34N4O2. The molecule has 4 N–H and O–H groups in total. The molecule has 150 valence electrons. The van der Waals surface area contributed by atoms with Gasteiger partial charge >= 0.3 is 12.1 Å². The third-order valence-corrected chi connectivity index (χ3v) is 5.05. The van der Waals surface area contributed by atoms with Gasteiger partial charge in [-0.25, -0.2) is 9.59 Å². The number of hydrogen-bond donors (Lipinski definition) is 4. The molecule has 0 aromatic heterocycles. The van der Waals surface area contributed by atoms with Crippen LogP contribution in [0.15, 0.2) is 24.3 Å². The van der Waals surface area contributed by atoms with Crippen LogP contribution in [0.5, 0.6) is 0 Å². The van der Waals surface area contributed by atoms with Crippen molar-refractivity contribution in [1.29, 1.82) is 0 Å². The van der Waals surface area contributed by atoms with Crippen molar-refractivity contribution in [3.8, 4) is 0 Å². The molecule has 6 heteroatoms. The van der Waals surface area contributed by atoms with Gasteiger partial charge in [0.25, 0.3) is 0 Å². The van der Waals surface area contributed by atoms with Crippen LogP contribution in [0.3, 0.4) is 0 Å². The molecule has 1 aliphatic carbocycles. The van der Waals surface area contributed by atoms with Crippen LogP contribution in [0, 0.1) is 24.7 Å². The topological polar surface area (TPSA) is 82.3 Å². The van der Waals surface area contributed by atoms with E-state index in [2.05, 4.69) is 35.1 Å². The number of benzene rings is 1. The number of rotatable bonds is 7. The van der Waals surface area contributed by atoms with Gasteiger partial charge in [-0.3, -0.25) is 0 Å². The highest BCUT2D eigenvalue weighted by Gasteiger charge is 2.22. The number of aryl methyl sites for hydroxylation is 1. The van der Waals surface area contributed by atoms with Crippen LogP contribution in [0.4, 0.5) is 15.3 Å². The average molecular weight is 375 g/mol. The fraction of sp³-hybridized carbons (Fsp3) is 0.619. The van der Waals surface area contributed by atoms with Crippen molar-refractivity contribution in [3.63, 3.8) is 0 Å². The molecule has 0 aliphatic heterocycles. The first kappa shape index (κ1) is 21.1. The molecule has 0 bridgehead atoms. The Balaban J connectivity index is 1.58. The van der Waals surface area contributed by atoms with Gasteiger partial charge in [0.2, 0.25) is 0 Å². The second-order valence-electron chi connectivity index (χ2n) is 8.07. The summed E-state index contributed by atoms with van der Waals surface area (Å²) in [4.78, 5) is 23.7. The van der Waals surface area contributed by atoms with E-state index >= 15 is 0 Å². The van der Waals surface area contributed by atoms with Crippen LogP contribution in [0.2, 0.25) is 0 Å². The first-order chi connectivity index (χ1) is 12.9. The summed E-state index contributed by atoms with van der Waals surface area (Å²) in [5.74, 6) is 1.51. The maximum absolute atomic E-state index is 12.0. The van der Waals surface area contributed by atoms with E-state index in [0.29, 0.717) is 30.8 Å². The summed E-state index contributed by atoms with van der Waals surface area (Å²) in [6.45, 7) is 8.32. The zero-order chi connectivity index (χ0) is 19.6. The summed E-state index contributed by atoms with van der Waals surface area (Å²) in [5, 5.41) is 11.7. The summed E-state index contributed by atoms with van der Waals surface area (Å²) in [6.07, 6.45) is 4.36. The fourth-order valence-corrected chi connectivity index (χ4v) is 3.29. The Hall–Kier alpha value is -2.24. The molecule has 0 atom stereocenters. The van der Waals surface area contributed by atoms with E-state index in [1.165, 1.54) is 5.56 Å². The van der Waals surface area contributed by atoms with Gasteiger partial charge in [0.05, 0.1) is 0 Å². The highest BCUT2D eigenvalue weighted by molar-refractivity contribution is 5.89. The third kappa shape index (κ3) is 8.33. The second kappa shape index (κ2) is 10.8. The molecule has 0 unspecified atom stereocenters. The number of hydrogen-bond acceptors (Lipinski definition) is 2. The maximum Gasteiger partial charge on any atom is 0.319 e. The molecule has 0 saturated heterocycles. The van der Waals surface area contributed by atoms with Crippen LogP contribution in [0.1, 0.15) is 45.1 Å². The summed E-state index contributed by atoms with van der Waals surface area (Å²) in [7, 11) is 0. The minimum absolute atomic E-state index is 0.0692. The van der Waals surface area contributed by atoms with Crippen LogP contribution in [-0.4, -0.2) is 31.7 Å². The second-order valence-corrected chi connectivity index (χ2v) is 8.07. The number of carbonyl (C=O) groups excluding carboxylic acids is 2. The van der Waals surface area contributed by atoms with Crippen molar-refractivity contribution >= 4 is 17.7 Å². The normalized spacial score (nSPS) is 19.4. The lowest BCUT2D eigenvalue weighted by atomic mass is 9.82. The van der Waals surface area contributed by atoms with E-state index in [1.54, 1.807) is 0 Å². The van der Waals surface area contributed by atoms with Crippen LogP contribution >= 0.6 is 0 Å². The molecule has 1 aromatic carbocycles. The Kier molecular flexibility index (Phi) is 8.43. The van der Waals surface area contributed by atoms with Crippen molar-refractivity contribution in [2.24, 2.45) is 17.8 Å². The Bertz CT molecular complexity index is 593. The zero-order valence-electron chi connectivity index (χ0n) is 16.8. The molecule has 1 aromatic rings. The first-order valence-electron chi connectivity index (χ1n) is 10.1. The van der Waals surface area contributed by atoms with Crippen molar-refractivity contribution in [3.05, 3.63) is 29.8 Å². The Morgan fingerprint density at radius 2 is 1.41 bits per heavy atom. The van der Waals surface area contributed by atoms with Gasteiger partial charge in [0, 0.05) is 25.3 Å². The van der Waals surface area contributed by atoms with Crippen LogP contribution in [0.25, 0.3) is 0 Å². The first-order valence-corrected chi connectivity index (χ1v) is 10.1. The molecule has 1 fully saturated rings. The van der Waals surface area contributed by atoms with Gasteiger partial charge in [-0.15, -0.1) is 0 Å². The SMILES string of the molecule is Cc1ccc(NC(=O)NCC2CCC(CNC(=O)NCC(C)C)CC2)cc1. The summed E-state index contributed by atoms with van der Waals surface area (Å²) in [5.41, 5.74) is 1.98. The molecule has 0 spiro atoms. The van der Waals surface area contributed by atoms with Gasteiger partial charge in [-0.2, -0.15) is 0 Å². The number of anilines is 1. The number of urea groups is 2. The number of carbonyl (C=O) groups is 2. The van der Waals surface area contributed by atoms with Crippen molar-refractivity contribution in [1.82, 2.24) is 16.0 Å². The number of amides is 4. The highest BCUT2D eigenvalue weighted by Crippen LogP contribution is 2.27. The smallest absolute Gasteiger partial charge is 0.319 e. The van der Waals surface area contributed by atoms with Gasteiger partial charge in [0.15, 0.2) is 0 Å². The molecule has 0 radical (unpaired) electrons. The quantitative estimate of drug-likeness (QED) is 0.584. The van der Waals surface area contributed by atoms with Gasteiger partial charge in [-0.05, 0) is 62.5 Å². The van der Waals surface area contributed by atoms with Crippen molar-refractivity contribution in [2.45, 2.75) is 46.5 Å². The minimum atomic E-state index is -0.149. The molecule has 1 saturated carbocycles. The Labute approximate surface area is 162 Å². The van der Waals surface area contributed by atoms with Gasteiger partial charge in [0.1, 0.15) is 0 Å². The van der Waals surface area contributed by atoms with E-state index in [4.69, 9.17) is 0 Å². The van der Waals surface area contributed by atoms with Crippen molar-refractivity contribution in [2.75, 3.05) is 25.0 Å². The summed E-state index contributed by atoms with van der Waals surface area (Å²) < 4.78 is 0. The van der Waals surface area contributed by atoms with E-state index in [0.717, 1.165) is 37.9 Å². The summed E-state index contributed by atoms with van der Waals surface area (Å²) >= 11 is 0. The molecule has 2 rings (SSSR count). The Morgan fingerprint density at radius 1 is 0.889 bits per heavy atom. The molecule has 4 amide bonds. The highest BCUT2D eigenvalue weighted by atomic mass is 16.2. The standard InChI is InChI=1S/C21H34N4O2/c1-15(2)12-22-20(26)23-13-17-6-8-18(9-7-17)14-24-21(27)25-19-10-4-16(3)5-11-19/h4-5,10-11,15,17-18H,6-9,12-14H2,1-3H3,(H2,22,23,26)(H2,24,25,27). The van der Waals surface area contributed by atoms with Gasteiger partial charge < -0.3 is 21.3 Å². The predicted molar refractivity (Wildman–Crippen MR) is 110 cm³/mol. The monoisotopic (exact) mass is 374 g/mol. The molecule has 0 heterocycles. The average Bonchev–Trinajstić information content (AvgIpc) is 2.65. The number of nitrogens with one attached hydrogen (secondary N) is 4. The third-order valence-electron chi connectivity index (χ3n) is 5.05. The fourth-order valence-electron chi connectivity index (χ4n) is 3.29. The zero-order valence-corrected chi connectivity index (χ0v) is 16.8. The largest absolute Gasteiger partial charge is 0.338 e. The predicted octanol–water partition coefficient (Wildman–Crippen LogP) is 3.88. The minimum Gasteiger partial charge on any atom is -0.338 e. The molecule has 1 aliphatic rings. The lowest BCUT2D eigenvalue weighted by Crippen LogP contribution is -2.41.